The van der Waals surface area contributed by atoms with Crippen LogP contribution >= 0.6 is 0 Å². The molecule has 4 nitrogen and oxygen atoms in total. The number of benzene rings is 3. The maximum Gasteiger partial charge on any atom is 0.525 e. The average molecular weight is 604 g/mol. The van der Waals surface area contributed by atoms with Crippen molar-refractivity contribution in [3.63, 3.8) is 0 Å². The first kappa shape index (κ1) is 29.8. The highest BCUT2D eigenvalue weighted by Gasteiger charge is 2.37. The Labute approximate surface area is 243 Å². The Hall–Kier alpha value is -5.72. The van der Waals surface area contributed by atoms with Gasteiger partial charge >= 0.3 is 18.2 Å². The molecule has 0 unspecified atom stereocenters. The molecule has 0 amide bonds. The van der Waals surface area contributed by atoms with Crippen LogP contribution in [0.25, 0.3) is 43.6 Å². The van der Waals surface area contributed by atoms with Crippen molar-refractivity contribution in [3.05, 3.63) is 127 Å². The molecule has 0 radical (unpaired) electrons. The molecule has 3 aromatic rings. The van der Waals surface area contributed by atoms with Crippen LogP contribution in [0, 0.1) is 35.8 Å². The van der Waals surface area contributed by atoms with Gasteiger partial charge in [-0.05, 0) is 57.6 Å². The number of hydrogen-bond acceptors (Lipinski definition) is 2. The van der Waals surface area contributed by atoms with E-state index in [2.05, 4.69) is 9.69 Å². The van der Waals surface area contributed by atoms with E-state index >= 15 is 8.78 Å². The molecule has 0 aliphatic heterocycles. The van der Waals surface area contributed by atoms with Gasteiger partial charge < -0.3 is 0 Å². The Morgan fingerprint density at radius 2 is 1.00 bits per heavy atom. The van der Waals surface area contributed by atoms with Crippen LogP contribution in [0.2, 0.25) is 0 Å². The molecule has 0 saturated heterocycles. The third-order valence-electron chi connectivity index (χ3n) is 7.39. The predicted octanol–water partition coefficient (Wildman–Crippen LogP) is 7.72. The molecule has 12 heteroatoms. The van der Waals surface area contributed by atoms with E-state index in [0.29, 0.717) is 0 Å². The van der Waals surface area contributed by atoms with Crippen LogP contribution in [0.15, 0.2) is 71.1 Å². The van der Waals surface area contributed by atoms with Gasteiger partial charge in [0.2, 0.25) is 0 Å². The molecule has 0 atom stereocenters. The Kier molecular flexibility index (Phi) is 7.12. The summed E-state index contributed by atoms with van der Waals surface area (Å²) >= 11 is 0. The molecule has 2 aliphatic rings. The third-order valence-corrected chi connectivity index (χ3v) is 7.39. The van der Waals surface area contributed by atoms with Crippen LogP contribution in [-0.2, 0) is 25.2 Å². The zero-order chi connectivity index (χ0) is 32.1. The number of nitriles is 2. The summed E-state index contributed by atoms with van der Waals surface area (Å²) in [6.07, 6.45) is -10.4. The van der Waals surface area contributed by atoms with E-state index in [-0.39, 0.29) is 55.0 Å². The Morgan fingerprint density at radius 1 is 0.636 bits per heavy atom. The summed E-state index contributed by atoms with van der Waals surface area (Å²) in [6.45, 7) is 14.7. The quantitative estimate of drug-likeness (QED) is 0.171. The van der Waals surface area contributed by atoms with Crippen molar-refractivity contribution in [1.82, 2.24) is 0 Å². The van der Waals surface area contributed by atoms with Crippen LogP contribution in [0.3, 0.4) is 0 Å². The lowest BCUT2D eigenvalue weighted by molar-refractivity contribution is -0.138. The van der Waals surface area contributed by atoms with Crippen molar-refractivity contribution in [2.24, 2.45) is 0 Å². The van der Waals surface area contributed by atoms with Crippen LogP contribution in [0.4, 0.5) is 35.1 Å². The van der Waals surface area contributed by atoms with Crippen LogP contribution < -0.4 is 10.4 Å². The molecule has 44 heavy (non-hydrogen) atoms. The molecule has 216 valence electrons. The minimum Gasteiger partial charge on any atom is -0.207 e. The van der Waals surface area contributed by atoms with Gasteiger partial charge in [-0.15, -0.1) is 0 Å². The maximum absolute atomic E-state index is 16.3. The number of hydrogen-bond donors (Lipinski definition) is 0. The van der Waals surface area contributed by atoms with E-state index in [1.54, 1.807) is 12.1 Å². The van der Waals surface area contributed by atoms with Crippen molar-refractivity contribution in [2.45, 2.75) is 25.2 Å². The lowest BCUT2D eigenvalue weighted by Gasteiger charge is -2.17. The third kappa shape index (κ3) is 4.68. The van der Waals surface area contributed by atoms with E-state index in [4.69, 9.17) is 13.1 Å². The smallest absolute Gasteiger partial charge is 0.207 e. The fourth-order valence-electron chi connectivity index (χ4n) is 5.49. The fraction of sp³-hybridized carbons (Fsp3) is 0.125. The molecular formula is C32H12F8N4. The molecule has 0 saturated carbocycles. The van der Waals surface area contributed by atoms with E-state index in [1.807, 2.05) is 0 Å². The monoisotopic (exact) mass is 604 g/mol. The van der Waals surface area contributed by atoms with Gasteiger partial charge in [-0.1, -0.05) is 24.3 Å². The number of fused-ring (bicyclic) bond motifs is 2. The van der Waals surface area contributed by atoms with Gasteiger partial charge in [-0.25, -0.2) is 8.78 Å². The Bertz CT molecular complexity index is 1930. The zero-order valence-electron chi connectivity index (χ0n) is 21.8. The van der Waals surface area contributed by atoms with E-state index in [1.165, 1.54) is 0 Å². The molecule has 0 aromatic heterocycles. The highest BCUT2D eigenvalue weighted by molar-refractivity contribution is 5.90. The summed E-state index contributed by atoms with van der Waals surface area (Å²) in [5, 5.41) is 18.4. The molecule has 0 spiro atoms. The predicted molar refractivity (Wildman–Crippen MR) is 141 cm³/mol. The maximum atomic E-state index is 16.3. The average Bonchev–Trinajstić information content (AvgIpc) is 3.49. The fourth-order valence-corrected chi connectivity index (χ4v) is 5.49. The van der Waals surface area contributed by atoms with E-state index in [0.717, 1.165) is 48.5 Å². The first-order valence-corrected chi connectivity index (χ1v) is 12.4. The molecule has 3 aromatic carbocycles. The second-order valence-electron chi connectivity index (χ2n) is 9.69. The summed E-state index contributed by atoms with van der Waals surface area (Å²) in [5.74, 6) is -2.82. The van der Waals surface area contributed by atoms with Crippen molar-refractivity contribution in [3.8, 4) is 34.4 Å². The Balaban J connectivity index is 2.00. The highest BCUT2D eigenvalue weighted by Crippen LogP contribution is 2.41. The lowest BCUT2D eigenvalue weighted by Crippen LogP contribution is -2.24. The van der Waals surface area contributed by atoms with Gasteiger partial charge in [0.1, 0.15) is 42.5 Å². The topological polar surface area (TPSA) is 56.3 Å². The van der Waals surface area contributed by atoms with Gasteiger partial charge in [-0.2, -0.15) is 46.6 Å². The van der Waals surface area contributed by atoms with Crippen LogP contribution in [-0.4, -0.2) is 0 Å². The number of nitrogens with zero attached hydrogens (tertiary/aromatic N) is 4. The van der Waals surface area contributed by atoms with Crippen molar-refractivity contribution in [1.29, 1.82) is 10.5 Å². The van der Waals surface area contributed by atoms with E-state index < -0.39 is 59.4 Å². The zero-order valence-corrected chi connectivity index (χ0v) is 21.8. The molecule has 5 rings (SSSR count). The number of halogens is 8. The number of rotatable bonds is 2. The summed E-state index contributed by atoms with van der Waals surface area (Å²) in [5.41, 5.74) is -3.69. The molecule has 0 heterocycles. The SMILES string of the molecule is [C-]#[N+]C([N+]#[C-])=C1Cc2c(-c3ccc(C(F)(F)F)cc3)c3c(c(-c4ccc(C(F)(F)F)cc4)c2=C1F)CC(=C(C#N)C#N)C=3F. The minimum atomic E-state index is -4.72. The van der Waals surface area contributed by atoms with Crippen molar-refractivity contribution in [2.75, 3.05) is 0 Å². The second-order valence-corrected chi connectivity index (χ2v) is 9.69. The molecule has 0 bridgehead atoms. The van der Waals surface area contributed by atoms with Gasteiger partial charge in [0.25, 0.3) is 0 Å². The minimum absolute atomic E-state index is 0.00226. The molecule has 2 aliphatic carbocycles. The summed E-state index contributed by atoms with van der Waals surface area (Å²) in [4.78, 5) is 6.12. The molecular weight excluding hydrogens is 592 g/mol. The number of allylic oxidation sites excluding steroid dienone is 3. The van der Waals surface area contributed by atoms with Crippen molar-refractivity contribution < 1.29 is 35.1 Å². The van der Waals surface area contributed by atoms with Crippen LogP contribution in [0.5, 0.6) is 0 Å². The first-order valence-electron chi connectivity index (χ1n) is 12.4. The standard InChI is InChI=1S/C32H12F8N4/c1-43-30(44-2)23-12-22-25(16-5-9-19(10-6-16)32(38,39)40)26-21(11-20(28(26)33)17(13-41)14-42)24(27(22)29(23)34)15-3-7-18(8-4-15)31(35,36)37/h3-10H,11-12H2. The Morgan fingerprint density at radius 3 is 1.34 bits per heavy atom. The second kappa shape index (κ2) is 10.5. The van der Waals surface area contributed by atoms with Gasteiger partial charge in [0.15, 0.2) is 0 Å². The van der Waals surface area contributed by atoms with Gasteiger partial charge in [0.05, 0.1) is 16.7 Å². The summed E-state index contributed by atoms with van der Waals surface area (Å²) in [7, 11) is 0. The van der Waals surface area contributed by atoms with Crippen molar-refractivity contribution >= 4 is 11.7 Å². The summed E-state index contributed by atoms with van der Waals surface area (Å²) < 4.78 is 113. The lowest BCUT2D eigenvalue weighted by atomic mass is 9.87. The summed E-state index contributed by atoms with van der Waals surface area (Å²) in [6, 6.07) is 10.2. The number of alkyl halides is 6. The molecule has 0 fully saturated rings. The largest absolute Gasteiger partial charge is 0.525 e. The van der Waals surface area contributed by atoms with Gasteiger partial charge in [0, 0.05) is 28.9 Å². The van der Waals surface area contributed by atoms with E-state index in [9.17, 15) is 36.9 Å². The highest BCUT2D eigenvalue weighted by atomic mass is 19.4. The normalized spacial score (nSPS) is 13.9. The van der Waals surface area contributed by atoms with Crippen LogP contribution in [0.1, 0.15) is 22.3 Å². The van der Waals surface area contributed by atoms with Gasteiger partial charge in [-0.3, -0.25) is 0 Å². The molecule has 0 N–H and O–H groups in total. The first-order chi connectivity index (χ1) is 20.8.